The number of carbonyl (C=O) groups is 3. The fourth-order valence-electron chi connectivity index (χ4n) is 6.46. The number of benzene rings is 4. The molecule has 0 bridgehead atoms. The first kappa shape index (κ1) is 32.5. The molecule has 9 heteroatoms. The molecule has 4 aromatic carbocycles. The maximum absolute atomic E-state index is 13.6. The van der Waals surface area contributed by atoms with E-state index >= 15 is 0 Å². The summed E-state index contributed by atoms with van der Waals surface area (Å²) in [4.78, 5) is 45.6. The highest BCUT2D eigenvalue weighted by molar-refractivity contribution is 6.34. The fourth-order valence-corrected chi connectivity index (χ4v) is 6.46. The Hall–Kier alpha value is -5.41. The smallest absolute Gasteiger partial charge is 0.266 e. The van der Waals surface area contributed by atoms with Crippen LogP contribution < -0.4 is 19.7 Å². The molecule has 48 heavy (non-hydrogen) atoms. The molecule has 3 amide bonds. The third-order valence-corrected chi connectivity index (χ3v) is 9.39. The highest BCUT2D eigenvalue weighted by atomic mass is 17.1. The Kier molecular flexibility index (Phi) is 9.06. The average molecular weight is 647 g/mol. The SMILES string of the molecule is COc1ccc(C(C)(C)c2ccc(Oc3ccc4c(c3)C(=O)N(c3cccc(NC(=O)C5CC(C)CCC5=COO)c3)C4=O)cc2)cc1. The van der Waals surface area contributed by atoms with E-state index in [-0.39, 0.29) is 22.4 Å². The van der Waals surface area contributed by atoms with Gasteiger partial charge in [-0.05, 0) is 103 Å². The molecule has 1 aliphatic heterocycles. The van der Waals surface area contributed by atoms with Crippen molar-refractivity contribution < 1.29 is 34.0 Å². The molecule has 2 unspecified atom stereocenters. The number of anilines is 2. The van der Waals surface area contributed by atoms with Gasteiger partial charge in [-0.1, -0.05) is 51.1 Å². The number of carbonyl (C=O) groups excluding carboxylic acids is 3. The van der Waals surface area contributed by atoms with E-state index in [1.165, 1.54) is 6.26 Å². The van der Waals surface area contributed by atoms with Crippen molar-refractivity contribution in [1.82, 2.24) is 0 Å². The van der Waals surface area contributed by atoms with E-state index in [1.807, 2.05) is 36.4 Å². The highest BCUT2D eigenvalue weighted by Crippen LogP contribution is 2.37. The van der Waals surface area contributed by atoms with Gasteiger partial charge in [0.1, 0.15) is 23.5 Å². The van der Waals surface area contributed by atoms with E-state index in [0.717, 1.165) is 33.8 Å². The van der Waals surface area contributed by atoms with Gasteiger partial charge in [0.05, 0.1) is 29.8 Å². The van der Waals surface area contributed by atoms with Crippen molar-refractivity contribution in [1.29, 1.82) is 0 Å². The van der Waals surface area contributed by atoms with Crippen LogP contribution in [0.2, 0.25) is 0 Å². The molecular formula is C39H38N2O7. The standard InChI is InChI=1S/C39H38N2O7/c1-24-8-9-25(23-47-45)34(20-24)36(42)40-28-6-5-7-29(21-28)41-37(43)33-19-18-32(22-35(33)38(41)44)48-31-16-12-27(13-17-31)39(2,3)26-10-14-30(46-4)15-11-26/h5-7,10-19,21-24,34,45H,8-9,20H2,1-4H3,(H,40,42). The third kappa shape index (κ3) is 6.41. The van der Waals surface area contributed by atoms with Gasteiger partial charge >= 0.3 is 0 Å². The zero-order chi connectivity index (χ0) is 34.0. The van der Waals surface area contributed by atoms with Gasteiger partial charge in [0.25, 0.3) is 11.8 Å². The van der Waals surface area contributed by atoms with Crippen molar-refractivity contribution in [3.63, 3.8) is 0 Å². The molecule has 6 rings (SSSR count). The minimum atomic E-state index is -0.480. The van der Waals surface area contributed by atoms with E-state index in [4.69, 9.17) is 14.7 Å². The zero-order valence-corrected chi connectivity index (χ0v) is 27.4. The number of amides is 3. The highest BCUT2D eigenvalue weighted by Gasteiger charge is 2.37. The predicted molar refractivity (Wildman–Crippen MR) is 183 cm³/mol. The Morgan fingerprint density at radius 2 is 1.52 bits per heavy atom. The molecule has 2 aliphatic rings. The van der Waals surface area contributed by atoms with Crippen LogP contribution in [0.15, 0.2) is 103 Å². The summed E-state index contributed by atoms with van der Waals surface area (Å²) >= 11 is 0. The van der Waals surface area contributed by atoms with E-state index in [2.05, 4.69) is 43.1 Å². The monoisotopic (exact) mass is 646 g/mol. The van der Waals surface area contributed by atoms with Crippen molar-refractivity contribution in [2.75, 3.05) is 17.3 Å². The van der Waals surface area contributed by atoms with Crippen LogP contribution in [-0.2, 0) is 15.1 Å². The van der Waals surface area contributed by atoms with Crippen LogP contribution in [0, 0.1) is 11.8 Å². The summed E-state index contributed by atoms with van der Waals surface area (Å²) in [5.74, 6) is 0.525. The van der Waals surface area contributed by atoms with Gasteiger partial charge in [0, 0.05) is 11.1 Å². The van der Waals surface area contributed by atoms with Crippen LogP contribution in [0.3, 0.4) is 0 Å². The topological polar surface area (TPSA) is 114 Å². The molecule has 9 nitrogen and oxygen atoms in total. The molecule has 246 valence electrons. The van der Waals surface area contributed by atoms with Crippen molar-refractivity contribution in [3.8, 4) is 17.2 Å². The molecule has 4 aromatic rings. The first-order valence-electron chi connectivity index (χ1n) is 15.9. The van der Waals surface area contributed by atoms with Gasteiger partial charge < -0.3 is 19.7 Å². The van der Waals surface area contributed by atoms with Gasteiger partial charge in [0.15, 0.2) is 0 Å². The number of hydrogen-bond acceptors (Lipinski definition) is 7. The Morgan fingerprint density at radius 1 is 0.875 bits per heavy atom. The fraction of sp³-hybridized carbons (Fsp3) is 0.256. The molecule has 0 radical (unpaired) electrons. The number of ether oxygens (including phenoxy) is 2. The van der Waals surface area contributed by atoms with Gasteiger partial charge in [-0.15, -0.1) is 0 Å². The number of nitrogens with one attached hydrogen (secondary N) is 1. The lowest BCUT2D eigenvalue weighted by Crippen LogP contribution is -2.30. The van der Waals surface area contributed by atoms with Crippen LogP contribution >= 0.6 is 0 Å². The van der Waals surface area contributed by atoms with Crippen molar-refractivity contribution in [2.45, 2.75) is 45.4 Å². The first-order chi connectivity index (χ1) is 23.1. The van der Waals surface area contributed by atoms with E-state index in [0.29, 0.717) is 41.6 Å². The lowest BCUT2D eigenvalue weighted by atomic mass is 9.78. The second-order valence-corrected chi connectivity index (χ2v) is 12.9. The molecule has 0 saturated heterocycles. The van der Waals surface area contributed by atoms with Crippen molar-refractivity contribution >= 4 is 29.1 Å². The lowest BCUT2D eigenvalue weighted by molar-refractivity contribution is -0.188. The summed E-state index contributed by atoms with van der Waals surface area (Å²) in [6, 6.07) is 27.3. The Labute approximate surface area is 279 Å². The Balaban J connectivity index is 1.16. The zero-order valence-electron chi connectivity index (χ0n) is 27.4. The minimum absolute atomic E-state index is 0.235. The van der Waals surface area contributed by atoms with E-state index in [9.17, 15) is 14.4 Å². The van der Waals surface area contributed by atoms with Crippen LogP contribution in [0.5, 0.6) is 17.2 Å². The van der Waals surface area contributed by atoms with Gasteiger partial charge in [-0.2, -0.15) is 0 Å². The molecular weight excluding hydrogens is 608 g/mol. The molecule has 1 saturated carbocycles. The largest absolute Gasteiger partial charge is 0.497 e. The number of fused-ring (bicyclic) bond motifs is 1. The number of rotatable bonds is 9. The van der Waals surface area contributed by atoms with Crippen LogP contribution in [-0.4, -0.2) is 30.1 Å². The average Bonchev–Trinajstić information content (AvgIpc) is 3.34. The molecule has 0 spiro atoms. The van der Waals surface area contributed by atoms with Gasteiger partial charge in [-0.3, -0.25) is 14.4 Å². The summed E-state index contributed by atoms with van der Waals surface area (Å²) < 4.78 is 11.4. The third-order valence-electron chi connectivity index (χ3n) is 9.39. The number of imide groups is 1. The first-order valence-corrected chi connectivity index (χ1v) is 15.9. The summed E-state index contributed by atoms with van der Waals surface area (Å²) in [6.07, 6.45) is 3.39. The number of nitrogens with zero attached hydrogens (tertiary/aromatic N) is 1. The minimum Gasteiger partial charge on any atom is -0.497 e. The molecule has 2 atom stereocenters. The second-order valence-electron chi connectivity index (χ2n) is 12.9. The summed E-state index contributed by atoms with van der Waals surface area (Å²) in [7, 11) is 1.65. The quantitative estimate of drug-likeness (QED) is 0.0813. The van der Waals surface area contributed by atoms with E-state index in [1.54, 1.807) is 49.6 Å². The van der Waals surface area contributed by atoms with Gasteiger partial charge in [0.2, 0.25) is 5.91 Å². The van der Waals surface area contributed by atoms with Crippen LogP contribution in [0.4, 0.5) is 11.4 Å². The molecule has 1 fully saturated rings. The Morgan fingerprint density at radius 3 is 2.19 bits per heavy atom. The maximum atomic E-state index is 13.6. The van der Waals surface area contributed by atoms with Crippen molar-refractivity contribution in [2.24, 2.45) is 11.8 Å². The van der Waals surface area contributed by atoms with Crippen LogP contribution in [0.1, 0.15) is 71.9 Å². The number of methoxy groups -OCH3 is 1. The normalized spacial score (nSPS) is 18.4. The Bertz CT molecular complexity index is 1880. The van der Waals surface area contributed by atoms with Gasteiger partial charge in [-0.25, -0.2) is 10.2 Å². The lowest BCUT2D eigenvalue weighted by Gasteiger charge is -2.28. The maximum Gasteiger partial charge on any atom is 0.266 e. The predicted octanol–water partition coefficient (Wildman–Crippen LogP) is 8.36. The second kappa shape index (κ2) is 13.4. The van der Waals surface area contributed by atoms with Crippen molar-refractivity contribution in [3.05, 3.63) is 125 Å². The van der Waals surface area contributed by atoms with Crippen LogP contribution in [0.25, 0.3) is 0 Å². The summed E-state index contributed by atoms with van der Waals surface area (Å²) in [6.45, 7) is 6.39. The summed E-state index contributed by atoms with van der Waals surface area (Å²) in [5, 5.41) is 11.9. The number of hydrogen-bond donors (Lipinski definition) is 2. The molecule has 1 aliphatic carbocycles. The summed E-state index contributed by atoms with van der Waals surface area (Å²) in [5.41, 5.74) is 4.01. The van der Waals surface area contributed by atoms with E-state index < -0.39 is 17.7 Å². The molecule has 1 heterocycles. The molecule has 0 aromatic heterocycles. The molecule has 2 N–H and O–H groups in total.